The van der Waals surface area contributed by atoms with Gasteiger partial charge >= 0.3 is 0 Å². The van der Waals surface area contributed by atoms with Crippen molar-refractivity contribution in [2.45, 2.75) is 58.4 Å². The predicted octanol–water partition coefficient (Wildman–Crippen LogP) is 3.77. The lowest BCUT2D eigenvalue weighted by molar-refractivity contribution is 0.140. The molecule has 2 rings (SSSR count). The van der Waals surface area contributed by atoms with Crippen LogP contribution in [0.4, 0.5) is 0 Å². The average molecular weight is 235 g/mol. The maximum atomic E-state index is 5.51. The number of hydrogen-bond acceptors (Lipinski definition) is 2. The van der Waals surface area contributed by atoms with Crippen LogP contribution in [0.25, 0.3) is 0 Å². The van der Waals surface area contributed by atoms with Crippen LogP contribution in [0.3, 0.4) is 0 Å². The van der Waals surface area contributed by atoms with E-state index in [1.165, 1.54) is 32.1 Å². The van der Waals surface area contributed by atoms with E-state index in [4.69, 9.17) is 4.42 Å². The van der Waals surface area contributed by atoms with Crippen molar-refractivity contribution in [3.05, 3.63) is 24.2 Å². The molecule has 1 heterocycles. The Morgan fingerprint density at radius 2 is 2.12 bits per heavy atom. The SMILES string of the molecule is CCNC(Cc1ccco1)C1(C)CCCCC1. The first kappa shape index (κ1) is 12.7. The summed E-state index contributed by atoms with van der Waals surface area (Å²) in [5.74, 6) is 1.11. The van der Waals surface area contributed by atoms with E-state index in [1.54, 1.807) is 6.26 Å². The largest absolute Gasteiger partial charge is 0.469 e. The van der Waals surface area contributed by atoms with Crippen molar-refractivity contribution < 1.29 is 4.42 Å². The number of furan rings is 1. The third-order valence-corrected chi connectivity index (χ3v) is 4.27. The summed E-state index contributed by atoms with van der Waals surface area (Å²) < 4.78 is 5.51. The van der Waals surface area contributed by atoms with Gasteiger partial charge in [-0.15, -0.1) is 0 Å². The molecule has 2 nitrogen and oxygen atoms in total. The lowest BCUT2D eigenvalue weighted by Gasteiger charge is -2.41. The fraction of sp³-hybridized carbons (Fsp3) is 0.733. The Bertz CT molecular complexity index is 312. The van der Waals surface area contributed by atoms with E-state index in [-0.39, 0.29) is 0 Å². The first-order chi connectivity index (χ1) is 8.24. The zero-order valence-electron chi connectivity index (χ0n) is 11.2. The highest BCUT2D eigenvalue weighted by Crippen LogP contribution is 2.39. The molecule has 2 heteroatoms. The lowest BCUT2D eigenvalue weighted by atomic mass is 9.69. The van der Waals surface area contributed by atoms with Crippen LogP contribution in [0.1, 0.15) is 51.7 Å². The van der Waals surface area contributed by atoms with E-state index in [9.17, 15) is 0 Å². The van der Waals surface area contributed by atoms with Crippen molar-refractivity contribution in [2.24, 2.45) is 5.41 Å². The molecule has 0 aromatic carbocycles. The second-order valence-electron chi connectivity index (χ2n) is 5.61. The number of nitrogens with one attached hydrogen (secondary N) is 1. The minimum Gasteiger partial charge on any atom is -0.469 e. The third kappa shape index (κ3) is 3.12. The van der Waals surface area contributed by atoms with Crippen LogP contribution < -0.4 is 5.32 Å². The van der Waals surface area contributed by atoms with Crippen LogP contribution in [-0.2, 0) is 6.42 Å². The van der Waals surface area contributed by atoms with Gasteiger partial charge in [0.2, 0.25) is 0 Å². The molecule has 0 bridgehead atoms. The average Bonchev–Trinajstić information content (AvgIpc) is 2.82. The number of likely N-dealkylation sites (N-methyl/N-ethyl adjacent to an activating group) is 1. The summed E-state index contributed by atoms with van der Waals surface area (Å²) in [5, 5.41) is 3.67. The second-order valence-corrected chi connectivity index (χ2v) is 5.61. The van der Waals surface area contributed by atoms with Gasteiger partial charge < -0.3 is 9.73 Å². The van der Waals surface area contributed by atoms with E-state index < -0.39 is 0 Å². The van der Waals surface area contributed by atoms with Crippen molar-refractivity contribution in [3.8, 4) is 0 Å². The van der Waals surface area contributed by atoms with Crippen molar-refractivity contribution in [1.82, 2.24) is 5.32 Å². The molecule has 1 saturated carbocycles. The molecule has 1 N–H and O–H groups in total. The molecule has 1 atom stereocenters. The molecule has 1 aliphatic carbocycles. The van der Waals surface area contributed by atoms with Gasteiger partial charge in [0.1, 0.15) is 5.76 Å². The van der Waals surface area contributed by atoms with Gasteiger partial charge in [0, 0.05) is 12.5 Å². The Balaban J connectivity index is 2.04. The fourth-order valence-corrected chi connectivity index (χ4v) is 3.15. The van der Waals surface area contributed by atoms with Crippen LogP contribution in [0, 0.1) is 5.41 Å². The van der Waals surface area contributed by atoms with E-state index in [2.05, 4.69) is 25.2 Å². The van der Waals surface area contributed by atoms with Gasteiger partial charge in [0.15, 0.2) is 0 Å². The molecule has 0 radical (unpaired) electrons. The third-order valence-electron chi connectivity index (χ3n) is 4.27. The first-order valence-corrected chi connectivity index (χ1v) is 7.00. The molecule has 0 spiro atoms. The number of hydrogen-bond donors (Lipinski definition) is 1. The highest BCUT2D eigenvalue weighted by molar-refractivity contribution is 5.04. The maximum absolute atomic E-state index is 5.51. The van der Waals surface area contributed by atoms with Gasteiger partial charge in [-0.25, -0.2) is 0 Å². The highest BCUT2D eigenvalue weighted by atomic mass is 16.3. The molecular weight excluding hydrogens is 210 g/mol. The Hall–Kier alpha value is -0.760. The topological polar surface area (TPSA) is 25.2 Å². The molecular formula is C15H25NO. The lowest BCUT2D eigenvalue weighted by Crippen LogP contribution is -2.46. The van der Waals surface area contributed by atoms with Crippen LogP contribution in [-0.4, -0.2) is 12.6 Å². The van der Waals surface area contributed by atoms with Crippen molar-refractivity contribution in [2.75, 3.05) is 6.54 Å². The quantitative estimate of drug-likeness (QED) is 0.840. The molecule has 1 aromatic heterocycles. The number of rotatable bonds is 5. The summed E-state index contributed by atoms with van der Waals surface area (Å²) in [4.78, 5) is 0. The molecule has 1 fully saturated rings. The van der Waals surface area contributed by atoms with E-state index in [0.29, 0.717) is 11.5 Å². The molecule has 1 aliphatic rings. The standard InChI is InChI=1S/C15H25NO/c1-3-16-14(12-13-8-7-11-17-13)15(2)9-5-4-6-10-15/h7-8,11,14,16H,3-6,9-10,12H2,1-2H3. The van der Waals surface area contributed by atoms with Gasteiger partial charge in [-0.1, -0.05) is 33.1 Å². The summed E-state index contributed by atoms with van der Waals surface area (Å²) >= 11 is 0. The summed E-state index contributed by atoms with van der Waals surface area (Å²) in [5.41, 5.74) is 0.445. The summed E-state index contributed by atoms with van der Waals surface area (Å²) in [6.45, 7) is 5.69. The van der Waals surface area contributed by atoms with Crippen molar-refractivity contribution in [1.29, 1.82) is 0 Å². The molecule has 96 valence electrons. The monoisotopic (exact) mass is 235 g/mol. The first-order valence-electron chi connectivity index (χ1n) is 7.00. The van der Waals surface area contributed by atoms with Gasteiger partial charge in [-0.3, -0.25) is 0 Å². The second kappa shape index (κ2) is 5.72. The molecule has 1 aromatic rings. The Morgan fingerprint density at radius 1 is 1.35 bits per heavy atom. The van der Waals surface area contributed by atoms with Crippen molar-refractivity contribution in [3.63, 3.8) is 0 Å². The van der Waals surface area contributed by atoms with E-state index in [0.717, 1.165) is 18.7 Å². The molecule has 17 heavy (non-hydrogen) atoms. The smallest absolute Gasteiger partial charge is 0.105 e. The minimum atomic E-state index is 0.445. The Kier molecular flexibility index (Phi) is 4.27. The Labute approximate surface area is 105 Å². The zero-order chi connectivity index (χ0) is 12.1. The van der Waals surface area contributed by atoms with Crippen LogP contribution in [0.2, 0.25) is 0 Å². The predicted molar refractivity (Wildman–Crippen MR) is 71.1 cm³/mol. The van der Waals surface area contributed by atoms with Gasteiger partial charge in [-0.05, 0) is 36.9 Å². The summed E-state index contributed by atoms with van der Waals surface area (Å²) in [6, 6.07) is 4.64. The zero-order valence-corrected chi connectivity index (χ0v) is 11.2. The van der Waals surface area contributed by atoms with Gasteiger partial charge in [-0.2, -0.15) is 0 Å². The summed E-state index contributed by atoms with van der Waals surface area (Å²) in [7, 11) is 0. The summed E-state index contributed by atoms with van der Waals surface area (Å²) in [6.07, 6.45) is 9.69. The van der Waals surface area contributed by atoms with Gasteiger partial charge in [0.25, 0.3) is 0 Å². The maximum Gasteiger partial charge on any atom is 0.105 e. The highest BCUT2D eigenvalue weighted by Gasteiger charge is 2.35. The molecule has 0 amide bonds. The van der Waals surface area contributed by atoms with Crippen molar-refractivity contribution >= 4 is 0 Å². The van der Waals surface area contributed by atoms with Crippen LogP contribution in [0.15, 0.2) is 22.8 Å². The normalized spacial score (nSPS) is 21.3. The van der Waals surface area contributed by atoms with Crippen LogP contribution >= 0.6 is 0 Å². The van der Waals surface area contributed by atoms with E-state index >= 15 is 0 Å². The molecule has 0 aliphatic heterocycles. The minimum absolute atomic E-state index is 0.445. The van der Waals surface area contributed by atoms with Gasteiger partial charge in [0.05, 0.1) is 6.26 Å². The Morgan fingerprint density at radius 3 is 2.71 bits per heavy atom. The molecule has 0 saturated heterocycles. The van der Waals surface area contributed by atoms with Crippen LogP contribution in [0.5, 0.6) is 0 Å². The fourth-order valence-electron chi connectivity index (χ4n) is 3.15. The van der Waals surface area contributed by atoms with E-state index in [1.807, 2.05) is 6.07 Å². The molecule has 1 unspecified atom stereocenters.